The van der Waals surface area contributed by atoms with E-state index in [1.54, 1.807) is 0 Å². The summed E-state index contributed by atoms with van der Waals surface area (Å²) in [6, 6.07) is 9.15. The maximum absolute atomic E-state index is 5.43. The quantitative estimate of drug-likeness (QED) is 0.849. The first-order chi connectivity index (χ1) is 9.31. The SMILES string of the molecule is CCCCC(C)Nc1ccccc1N1CCOCC1. The molecule has 0 aromatic heterocycles. The molecule has 1 aliphatic heterocycles. The number of hydrogen-bond donors (Lipinski definition) is 1. The van der Waals surface area contributed by atoms with E-state index in [1.165, 1.54) is 30.6 Å². The minimum atomic E-state index is 0.530. The van der Waals surface area contributed by atoms with Gasteiger partial charge in [0.05, 0.1) is 24.6 Å². The van der Waals surface area contributed by atoms with Crippen molar-refractivity contribution in [3.8, 4) is 0 Å². The first-order valence-corrected chi connectivity index (χ1v) is 7.49. The largest absolute Gasteiger partial charge is 0.381 e. The summed E-state index contributed by atoms with van der Waals surface area (Å²) in [5.74, 6) is 0. The van der Waals surface area contributed by atoms with Crippen LogP contribution in [0.25, 0.3) is 0 Å². The van der Waals surface area contributed by atoms with Crippen LogP contribution in [0.5, 0.6) is 0 Å². The van der Waals surface area contributed by atoms with Gasteiger partial charge < -0.3 is 15.0 Å². The lowest BCUT2D eigenvalue weighted by Crippen LogP contribution is -2.36. The number of unbranched alkanes of at least 4 members (excludes halogenated alkanes) is 1. The second-order valence-corrected chi connectivity index (χ2v) is 5.30. The van der Waals surface area contributed by atoms with E-state index in [2.05, 4.69) is 48.3 Å². The van der Waals surface area contributed by atoms with Gasteiger partial charge in [-0.25, -0.2) is 0 Å². The average Bonchev–Trinajstić information content (AvgIpc) is 2.46. The Hall–Kier alpha value is -1.22. The predicted octanol–water partition coefficient (Wildman–Crippen LogP) is 3.51. The van der Waals surface area contributed by atoms with Crippen molar-refractivity contribution in [1.82, 2.24) is 0 Å². The maximum Gasteiger partial charge on any atom is 0.0642 e. The minimum absolute atomic E-state index is 0.530. The van der Waals surface area contributed by atoms with Gasteiger partial charge in [0.2, 0.25) is 0 Å². The van der Waals surface area contributed by atoms with Gasteiger partial charge in [-0.1, -0.05) is 31.9 Å². The van der Waals surface area contributed by atoms with Crippen molar-refractivity contribution >= 4 is 11.4 Å². The smallest absolute Gasteiger partial charge is 0.0642 e. The Kier molecular flexibility index (Phi) is 5.52. The zero-order valence-electron chi connectivity index (χ0n) is 12.2. The third kappa shape index (κ3) is 4.13. The topological polar surface area (TPSA) is 24.5 Å². The van der Waals surface area contributed by atoms with E-state index in [9.17, 15) is 0 Å². The van der Waals surface area contributed by atoms with Crippen LogP contribution in [-0.2, 0) is 4.74 Å². The summed E-state index contributed by atoms with van der Waals surface area (Å²) < 4.78 is 5.43. The van der Waals surface area contributed by atoms with E-state index in [4.69, 9.17) is 4.74 Å². The Morgan fingerprint density at radius 1 is 1.26 bits per heavy atom. The van der Waals surface area contributed by atoms with E-state index < -0.39 is 0 Å². The summed E-state index contributed by atoms with van der Waals surface area (Å²) >= 11 is 0. The van der Waals surface area contributed by atoms with Gasteiger partial charge in [-0.05, 0) is 25.5 Å². The highest BCUT2D eigenvalue weighted by Crippen LogP contribution is 2.27. The number of rotatable bonds is 6. The number of benzene rings is 1. The molecule has 0 spiro atoms. The third-order valence-corrected chi connectivity index (χ3v) is 3.65. The lowest BCUT2D eigenvalue weighted by atomic mass is 10.1. The van der Waals surface area contributed by atoms with Crippen molar-refractivity contribution in [2.45, 2.75) is 39.2 Å². The molecule has 19 heavy (non-hydrogen) atoms. The van der Waals surface area contributed by atoms with E-state index in [-0.39, 0.29) is 0 Å². The fraction of sp³-hybridized carbons (Fsp3) is 0.625. The summed E-state index contributed by atoms with van der Waals surface area (Å²) in [6.45, 7) is 8.16. The molecule has 1 aromatic rings. The molecule has 1 fully saturated rings. The molecular formula is C16H26N2O. The average molecular weight is 262 g/mol. The van der Waals surface area contributed by atoms with Gasteiger partial charge in [0.1, 0.15) is 0 Å². The van der Waals surface area contributed by atoms with Crippen molar-refractivity contribution in [3.63, 3.8) is 0 Å². The first-order valence-electron chi connectivity index (χ1n) is 7.49. The van der Waals surface area contributed by atoms with Crippen molar-refractivity contribution in [3.05, 3.63) is 24.3 Å². The maximum atomic E-state index is 5.43. The molecule has 1 aromatic carbocycles. The summed E-state index contributed by atoms with van der Waals surface area (Å²) in [7, 11) is 0. The number of para-hydroxylation sites is 2. The Morgan fingerprint density at radius 2 is 2.00 bits per heavy atom. The molecule has 1 saturated heterocycles. The number of anilines is 2. The van der Waals surface area contributed by atoms with Gasteiger partial charge in [0.25, 0.3) is 0 Å². The van der Waals surface area contributed by atoms with Gasteiger partial charge in [-0.3, -0.25) is 0 Å². The fourth-order valence-electron chi connectivity index (χ4n) is 2.52. The van der Waals surface area contributed by atoms with Crippen molar-refractivity contribution in [2.75, 3.05) is 36.5 Å². The van der Waals surface area contributed by atoms with Crippen LogP contribution in [0.15, 0.2) is 24.3 Å². The molecule has 1 N–H and O–H groups in total. The van der Waals surface area contributed by atoms with Crippen LogP contribution >= 0.6 is 0 Å². The molecule has 3 heteroatoms. The molecule has 2 rings (SSSR count). The van der Waals surface area contributed by atoms with Gasteiger partial charge >= 0.3 is 0 Å². The number of nitrogens with one attached hydrogen (secondary N) is 1. The number of morpholine rings is 1. The minimum Gasteiger partial charge on any atom is -0.381 e. The zero-order valence-corrected chi connectivity index (χ0v) is 12.2. The summed E-state index contributed by atoms with van der Waals surface area (Å²) in [4.78, 5) is 2.42. The zero-order chi connectivity index (χ0) is 13.5. The molecule has 1 heterocycles. The third-order valence-electron chi connectivity index (χ3n) is 3.65. The highest BCUT2D eigenvalue weighted by Gasteiger charge is 2.15. The lowest BCUT2D eigenvalue weighted by molar-refractivity contribution is 0.123. The molecule has 106 valence electrons. The molecule has 0 bridgehead atoms. The number of hydrogen-bond acceptors (Lipinski definition) is 3. The van der Waals surface area contributed by atoms with Crippen LogP contribution in [-0.4, -0.2) is 32.3 Å². The second kappa shape index (κ2) is 7.39. The van der Waals surface area contributed by atoms with Crippen LogP contribution in [0.1, 0.15) is 33.1 Å². The highest BCUT2D eigenvalue weighted by atomic mass is 16.5. The molecular weight excluding hydrogens is 236 g/mol. The Bertz CT molecular complexity index is 375. The molecule has 0 saturated carbocycles. The lowest BCUT2D eigenvalue weighted by Gasteiger charge is -2.31. The molecule has 0 radical (unpaired) electrons. The number of nitrogens with zero attached hydrogens (tertiary/aromatic N) is 1. The molecule has 1 unspecified atom stereocenters. The van der Waals surface area contributed by atoms with E-state index in [0.717, 1.165) is 26.3 Å². The molecule has 0 amide bonds. The van der Waals surface area contributed by atoms with Gasteiger partial charge in [0.15, 0.2) is 0 Å². The first kappa shape index (κ1) is 14.2. The van der Waals surface area contributed by atoms with Crippen LogP contribution in [0, 0.1) is 0 Å². The normalized spacial score (nSPS) is 17.3. The van der Waals surface area contributed by atoms with Crippen molar-refractivity contribution in [1.29, 1.82) is 0 Å². The second-order valence-electron chi connectivity index (χ2n) is 5.30. The van der Waals surface area contributed by atoms with Crippen LogP contribution in [0.2, 0.25) is 0 Å². The van der Waals surface area contributed by atoms with Gasteiger partial charge in [-0.2, -0.15) is 0 Å². The monoisotopic (exact) mass is 262 g/mol. The van der Waals surface area contributed by atoms with Crippen LogP contribution in [0.3, 0.4) is 0 Å². The van der Waals surface area contributed by atoms with Crippen molar-refractivity contribution in [2.24, 2.45) is 0 Å². The predicted molar refractivity (Wildman–Crippen MR) is 82.1 cm³/mol. The summed E-state index contributed by atoms with van der Waals surface area (Å²) in [6.07, 6.45) is 3.78. The Balaban J connectivity index is 2.02. The van der Waals surface area contributed by atoms with Crippen molar-refractivity contribution < 1.29 is 4.74 Å². The summed E-state index contributed by atoms with van der Waals surface area (Å²) in [5.41, 5.74) is 2.57. The van der Waals surface area contributed by atoms with Crippen LogP contribution < -0.4 is 10.2 Å². The van der Waals surface area contributed by atoms with E-state index >= 15 is 0 Å². The van der Waals surface area contributed by atoms with E-state index in [1.807, 2.05) is 0 Å². The van der Waals surface area contributed by atoms with E-state index in [0.29, 0.717) is 6.04 Å². The molecule has 3 nitrogen and oxygen atoms in total. The molecule has 1 aliphatic rings. The van der Waals surface area contributed by atoms with Gasteiger partial charge in [0, 0.05) is 19.1 Å². The van der Waals surface area contributed by atoms with Gasteiger partial charge in [-0.15, -0.1) is 0 Å². The fourth-order valence-corrected chi connectivity index (χ4v) is 2.52. The Labute approximate surface area is 116 Å². The summed E-state index contributed by atoms with van der Waals surface area (Å²) in [5, 5.41) is 3.66. The number of ether oxygens (including phenoxy) is 1. The standard InChI is InChI=1S/C16H26N2O/c1-3-4-7-14(2)17-15-8-5-6-9-16(15)18-10-12-19-13-11-18/h5-6,8-9,14,17H,3-4,7,10-13H2,1-2H3. The Morgan fingerprint density at radius 3 is 2.74 bits per heavy atom. The molecule has 1 atom stereocenters. The highest BCUT2D eigenvalue weighted by molar-refractivity contribution is 5.70. The molecule has 0 aliphatic carbocycles. The van der Waals surface area contributed by atoms with Crippen LogP contribution in [0.4, 0.5) is 11.4 Å².